The summed E-state index contributed by atoms with van der Waals surface area (Å²) in [6.07, 6.45) is 0.750. The smallest absolute Gasteiger partial charge is 0.264 e. The fourth-order valence-corrected chi connectivity index (χ4v) is 5.62. The molecule has 0 unspecified atom stereocenters. The normalized spacial score (nSPS) is 11.9. The number of aryl methyl sites for hydroxylation is 2. The van der Waals surface area contributed by atoms with Gasteiger partial charge in [0.2, 0.25) is 11.8 Å². The van der Waals surface area contributed by atoms with Gasteiger partial charge in [-0.25, -0.2) is 8.42 Å². The van der Waals surface area contributed by atoms with Gasteiger partial charge < -0.3 is 15.0 Å². The van der Waals surface area contributed by atoms with E-state index in [-0.39, 0.29) is 23.0 Å². The van der Waals surface area contributed by atoms with Crippen molar-refractivity contribution in [3.05, 3.63) is 89.5 Å². The summed E-state index contributed by atoms with van der Waals surface area (Å²) in [5.41, 5.74) is 2.88. The molecular weight excluding hydrogens is 514 g/mol. The second kappa shape index (κ2) is 13.3. The minimum Gasteiger partial charge on any atom is -0.495 e. The van der Waals surface area contributed by atoms with Gasteiger partial charge in [-0.05, 0) is 68.1 Å². The summed E-state index contributed by atoms with van der Waals surface area (Å²) in [7, 11) is -2.72. The van der Waals surface area contributed by atoms with Crippen molar-refractivity contribution in [1.82, 2.24) is 10.2 Å². The number of anilines is 1. The van der Waals surface area contributed by atoms with Gasteiger partial charge in [0.15, 0.2) is 0 Å². The molecule has 0 saturated carbocycles. The van der Waals surface area contributed by atoms with Gasteiger partial charge in [-0.15, -0.1) is 0 Å². The lowest BCUT2D eigenvalue weighted by atomic mass is 10.1. The van der Waals surface area contributed by atoms with Crippen molar-refractivity contribution >= 4 is 27.5 Å². The number of nitrogens with one attached hydrogen (secondary N) is 1. The lowest BCUT2D eigenvalue weighted by Gasteiger charge is -2.32. The molecule has 3 rings (SSSR count). The summed E-state index contributed by atoms with van der Waals surface area (Å²) < 4.78 is 34.5. The Morgan fingerprint density at radius 1 is 0.974 bits per heavy atom. The van der Waals surface area contributed by atoms with Crippen LogP contribution in [0.3, 0.4) is 0 Å². The minimum atomic E-state index is -4.17. The van der Waals surface area contributed by atoms with E-state index in [0.717, 1.165) is 27.4 Å². The number of hydrogen-bond donors (Lipinski definition) is 1. The van der Waals surface area contributed by atoms with E-state index in [4.69, 9.17) is 4.74 Å². The second-order valence-corrected chi connectivity index (χ2v) is 11.3. The standard InChI is InChI=1S/C30H37N3O5S/c1-6-18-31-30(35)24(4)32(20-25-13-11-10-12-23(25)3)29(34)21-33(27-19-22(2)16-17-28(27)38-5)39(36,37)26-14-8-7-9-15-26/h7-17,19,24H,6,18,20-21H2,1-5H3,(H,31,35)/t24-/m0/s1. The first-order valence-electron chi connectivity index (χ1n) is 12.9. The molecule has 0 heterocycles. The molecule has 0 fully saturated rings. The van der Waals surface area contributed by atoms with Gasteiger partial charge in [-0.1, -0.05) is 55.5 Å². The van der Waals surface area contributed by atoms with Gasteiger partial charge in [0, 0.05) is 13.1 Å². The molecule has 0 aliphatic carbocycles. The van der Waals surface area contributed by atoms with E-state index in [0.29, 0.717) is 12.3 Å². The molecule has 0 aliphatic rings. The fraction of sp³-hybridized carbons (Fsp3) is 0.333. The second-order valence-electron chi connectivity index (χ2n) is 9.42. The molecule has 3 aromatic rings. The van der Waals surface area contributed by atoms with Crippen molar-refractivity contribution in [2.45, 2.75) is 51.6 Å². The van der Waals surface area contributed by atoms with Crippen LogP contribution in [0.2, 0.25) is 0 Å². The van der Waals surface area contributed by atoms with E-state index in [9.17, 15) is 18.0 Å². The van der Waals surface area contributed by atoms with Crippen molar-refractivity contribution in [1.29, 1.82) is 0 Å². The number of ether oxygens (including phenoxy) is 1. The fourth-order valence-electron chi connectivity index (χ4n) is 4.18. The van der Waals surface area contributed by atoms with E-state index in [2.05, 4.69) is 5.32 Å². The van der Waals surface area contributed by atoms with Crippen LogP contribution in [0.5, 0.6) is 5.75 Å². The summed E-state index contributed by atoms with van der Waals surface area (Å²) in [6, 6.07) is 19.9. The van der Waals surface area contributed by atoms with Crippen LogP contribution in [-0.4, -0.2) is 51.4 Å². The van der Waals surface area contributed by atoms with Gasteiger partial charge in [0.05, 0.1) is 17.7 Å². The Morgan fingerprint density at radius 3 is 2.28 bits per heavy atom. The van der Waals surface area contributed by atoms with Gasteiger partial charge in [-0.3, -0.25) is 13.9 Å². The van der Waals surface area contributed by atoms with Crippen LogP contribution >= 0.6 is 0 Å². The van der Waals surface area contributed by atoms with Crippen molar-refractivity contribution in [2.75, 3.05) is 24.5 Å². The maximum Gasteiger partial charge on any atom is 0.264 e. The first-order valence-corrected chi connectivity index (χ1v) is 14.4. The lowest BCUT2D eigenvalue weighted by Crippen LogP contribution is -2.51. The number of rotatable bonds is 12. The number of carbonyl (C=O) groups is 2. The average molecular weight is 552 g/mol. The van der Waals surface area contributed by atoms with Gasteiger partial charge >= 0.3 is 0 Å². The molecular formula is C30H37N3O5S. The predicted molar refractivity (Wildman–Crippen MR) is 153 cm³/mol. The summed E-state index contributed by atoms with van der Waals surface area (Å²) in [6.45, 7) is 7.48. The molecule has 0 aliphatic heterocycles. The Hall–Kier alpha value is -3.85. The number of benzene rings is 3. The zero-order valence-corrected chi connectivity index (χ0v) is 24.0. The van der Waals surface area contributed by atoms with E-state index in [1.165, 1.54) is 24.1 Å². The third-order valence-electron chi connectivity index (χ3n) is 6.53. The van der Waals surface area contributed by atoms with Gasteiger partial charge in [0.25, 0.3) is 10.0 Å². The van der Waals surface area contributed by atoms with Crippen LogP contribution in [0.1, 0.15) is 37.0 Å². The molecule has 2 amide bonds. The molecule has 9 heteroatoms. The van der Waals surface area contributed by atoms with E-state index >= 15 is 0 Å². The molecule has 3 aromatic carbocycles. The lowest BCUT2D eigenvalue weighted by molar-refractivity contribution is -0.139. The molecule has 0 aromatic heterocycles. The Labute approximate surface area is 231 Å². The maximum absolute atomic E-state index is 14.0. The molecule has 39 heavy (non-hydrogen) atoms. The monoisotopic (exact) mass is 551 g/mol. The van der Waals surface area contributed by atoms with E-state index in [1.807, 2.05) is 51.1 Å². The number of methoxy groups -OCH3 is 1. The SMILES string of the molecule is CCCNC(=O)[C@H](C)N(Cc1ccccc1C)C(=O)CN(c1cc(C)ccc1OC)S(=O)(=O)c1ccccc1. The Balaban J connectivity index is 2.09. The summed E-state index contributed by atoms with van der Waals surface area (Å²) in [5.74, 6) is -0.503. The predicted octanol–water partition coefficient (Wildman–Crippen LogP) is 4.45. The number of nitrogens with zero attached hydrogens (tertiary/aromatic N) is 2. The number of hydrogen-bond acceptors (Lipinski definition) is 5. The Bertz CT molecular complexity index is 1390. The van der Waals surface area contributed by atoms with Crippen molar-refractivity contribution in [3.8, 4) is 5.75 Å². The zero-order chi connectivity index (χ0) is 28.6. The van der Waals surface area contributed by atoms with Crippen LogP contribution in [0.25, 0.3) is 0 Å². The largest absolute Gasteiger partial charge is 0.495 e. The molecule has 0 bridgehead atoms. The molecule has 0 saturated heterocycles. The summed E-state index contributed by atoms with van der Waals surface area (Å²) in [4.78, 5) is 28.5. The third kappa shape index (κ3) is 7.17. The highest BCUT2D eigenvalue weighted by atomic mass is 32.2. The first-order chi connectivity index (χ1) is 18.6. The maximum atomic E-state index is 14.0. The highest BCUT2D eigenvalue weighted by molar-refractivity contribution is 7.92. The summed E-state index contributed by atoms with van der Waals surface area (Å²) in [5, 5.41) is 2.85. The number of amides is 2. The van der Waals surface area contributed by atoms with Crippen LogP contribution in [0.15, 0.2) is 77.7 Å². The average Bonchev–Trinajstić information content (AvgIpc) is 2.94. The van der Waals surface area contributed by atoms with Crippen molar-refractivity contribution in [2.24, 2.45) is 0 Å². The van der Waals surface area contributed by atoms with Crippen molar-refractivity contribution < 1.29 is 22.7 Å². The topological polar surface area (TPSA) is 96.0 Å². The van der Waals surface area contributed by atoms with E-state index in [1.54, 1.807) is 37.3 Å². The number of carbonyl (C=O) groups excluding carboxylic acids is 2. The van der Waals surface area contributed by atoms with E-state index < -0.39 is 28.5 Å². The Morgan fingerprint density at radius 2 is 1.64 bits per heavy atom. The minimum absolute atomic E-state index is 0.0422. The van der Waals surface area contributed by atoms with Crippen LogP contribution in [-0.2, 0) is 26.2 Å². The van der Waals surface area contributed by atoms with Crippen LogP contribution in [0, 0.1) is 13.8 Å². The Kier molecular flexibility index (Phi) is 10.1. The van der Waals surface area contributed by atoms with Crippen LogP contribution in [0.4, 0.5) is 5.69 Å². The highest BCUT2D eigenvalue weighted by Crippen LogP contribution is 2.33. The summed E-state index contributed by atoms with van der Waals surface area (Å²) >= 11 is 0. The highest BCUT2D eigenvalue weighted by Gasteiger charge is 2.34. The molecule has 1 atom stereocenters. The molecule has 0 radical (unpaired) electrons. The quantitative estimate of drug-likeness (QED) is 0.359. The van der Waals surface area contributed by atoms with Crippen molar-refractivity contribution in [3.63, 3.8) is 0 Å². The van der Waals surface area contributed by atoms with Gasteiger partial charge in [-0.2, -0.15) is 0 Å². The first kappa shape index (κ1) is 29.7. The molecule has 0 spiro atoms. The number of sulfonamides is 1. The third-order valence-corrected chi connectivity index (χ3v) is 8.31. The zero-order valence-electron chi connectivity index (χ0n) is 23.2. The molecule has 8 nitrogen and oxygen atoms in total. The molecule has 208 valence electrons. The molecule has 1 N–H and O–H groups in total. The van der Waals surface area contributed by atoms with Crippen LogP contribution < -0.4 is 14.4 Å². The van der Waals surface area contributed by atoms with Gasteiger partial charge in [0.1, 0.15) is 18.3 Å².